The smallest absolute Gasteiger partial charge is 0.208 e. The van der Waals surface area contributed by atoms with Crippen LogP contribution in [0.3, 0.4) is 0 Å². The topological polar surface area (TPSA) is 59.5 Å². The predicted molar refractivity (Wildman–Crippen MR) is 109 cm³/mol. The molecule has 0 unspecified atom stereocenters. The zero-order chi connectivity index (χ0) is 19.6. The summed E-state index contributed by atoms with van der Waals surface area (Å²) in [7, 11) is -3.61. The molecule has 0 amide bonds. The summed E-state index contributed by atoms with van der Waals surface area (Å²) in [5.74, 6) is 0.494. The predicted octanol–water partition coefficient (Wildman–Crippen LogP) is 3.66. The standard InChI is InChI=1S/C22H28N2O3S/c1-2-12-27-20-14-22(16-23-15-20)28(25,26)21-7-6-17-8-10-24(19-4-3-5-19)11-9-18(17)13-21/h6-7,13-16,19H,2-5,8-12H2,1H3. The van der Waals surface area contributed by atoms with E-state index in [1.54, 1.807) is 18.3 Å². The molecular weight excluding hydrogens is 372 g/mol. The average Bonchev–Trinajstić information content (AvgIpc) is 2.87. The number of hydrogen-bond donors (Lipinski definition) is 0. The van der Waals surface area contributed by atoms with E-state index in [0.29, 0.717) is 17.3 Å². The minimum atomic E-state index is -3.61. The van der Waals surface area contributed by atoms with Gasteiger partial charge in [-0.2, -0.15) is 0 Å². The van der Waals surface area contributed by atoms with E-state index in [1.807, 2.05) is 19.1 Å². The maximum absolute atomic E-state index is 13.2. The molecule has 2 heterocycles. The van der Waals surface area contributed by atoms with Crippen LogP contribution in [0.25, 0.3) is 0 Å². The summed E-state index contributed by atoms with van der Waals surface area (Å²) in [6.07, 6.45) is 9.67. The Labute approximate surface area is 167 Å². The number of hydrogen-bond acceptors (Lipinski definition) is 5. The molecule has 0 radical (unpaired) electrons. The number of benzene rings is 1. The summed E-state index contributed by atoms with van der Waals surface area (Å²) in [6.45, 7) is 4.64. The number of nitrogens with zero attached hydrogens (tertiary/aromatic N) is 2. The van der Waals surface area contributed by atoms with Gasteiger partial charge in [0.2, 0.25) is 9.84 Å². The van der Waals surface area contributed by atoms with Gasteiger partial charge in [-0.1, -0.05) is 19.4 Å². The first-order chi connectivity index (χ1) is 13.6. The Morgan fingerprint density at radius 2 is 1.86 bits per heavy atom. The summed E-state index contributed by atoms with van der Waals surface area (Å²) >= 11 is 0. The largest absolute Gasteiger partial charge is 0.492 e. The molecule has 0 bridgehead atoms. The molecule has 1 fully saturated rings. The van der Waals surface area contributed by atoms with Crippen molar-refractivity contribution < 1.29 is 13.2 Å². The fourth-order valence-electron chi connectivity index (χ4n) is 3.98. The number of aromatic nitrogens is 1. The summed E-state index contributed by atoms with van der Waals surface area (Å²) < 4.78 is 31.9. The highest BCUT2D eigenvalue weighted by Gasteiger charge is 2.27. The third-order valence-electron chi connectivity index (χ3n) is 5.89. The lowest BCUT2D eigenvalue weighted by Crippen LogP contribution is -2.41. The quantitative estimate of drug-likeness (QED) is 0.741. The molecular formula is C22H28N2O3S. The van der Waals surface area contributed by atoms with Crippen molar-refractivity contribution in [2.24, 2.45) is 0 Å². The van der Waals surface area contributed by atoms with Crippen LogP contribution in [0.2, 0.25) is 0 Å². The monoisotopic (exact) mass is 400 g/mol. The van der Waals surface area contributed by atoms with Crippen LogP contribution in [-0.2, 0) is 22.7 Å². The van der Waals surface area contributed by atoms with Gasteiger partial charge < -0.3 is 4.74 Å². The molecule has 1 aromatic heterocycles. The fourth-order valence-corrected chi connectivity index (χ4v) is 5.27. The third kappa shape index (κ3) is 3.94. The molecule has 1 aliphatic heterocycles. The lowest BCUT2D eigenvalue weighted by atomic mass is 9.91. The maximum Gasteiger partial charge on any atom is 0.208 e. The van der Waals surface area contributed by atoms with Crippen LogP contribution in [0, 0.1) is 0 Å². The number of ether oxygens (including phenoxy) is 1. The summed E-state index contributed by atoms with van der Waals surface area (Å²) in [5.41, 5.74) is 2.44. The van der Waals surface area contributed by atoms with Crippen molar-refractivity contribution in [2.75, 3.05) is 19.7 Å². The molecule has 1 aliphatic carbocycles. The summed E-state index contributed by atoms with van der Waals surface area (Å²) in [4.78, 5) is 7.18. The van der Waals surface area contributed by atoms with Gasteiger partial charge in [-0.15, -0.1) is 0 Å². The molecule has 1 aromatic carbocycles. The van der Waals surface area contributed by atoms with Crippen LogP contribution in [-0.4, -0.2) is 44.0 Å². The van der Waals surface area contributed by atoms with Gasteiger partial charge in [0, 0.05) is 31.4 Å². The lowest BCUT2D eigenvalue weighted by Gasteiger charge is -2.36. The number of rotatable bonds is 6. The van der Waals surface area contributed by atoms with Crippen LogP contribution in [0.15, 0.2) is 46.5 Å². The van der Waals surface area contributed by atoms with Gasteiger partial charge in [0.25, 0.3) is 0 Å². The van der Waals surface area contributed by atoms with Gasteiger partial charge in [0.1, 0.15) is 5.75 Å². The Morgan fingerprint density at radius 3 is 2.57 bits per heavy atom. The number of sulfone groups is 1. The van der Waals surface area contributed by atoms with Crippen LogP contribution < -0.4 is 4.74 Å². The average molecular weight is 401 g/mol. The second-order valence-electron chi connectivity index (χ2n) is 7.76. The molecule has 6 heteroatoms. The molecule has 0 N–H and O–H groups in total. The second-order valence-corrected chi connectivity index (χ2v) is 9.71. The SMILES string of the molecule is CCCOc1cncc(S(=O)(=O)c2ccc3c(c2)CCN(C2CCC2)CC3)c1. The maximum atomic E-state index is 13.2. The van der Waals surface area contributed by atoms with E-state index in [-0.39, 0.29) is 4.90 Å². The van der Waals surface area contributed by atoms with Crippen LogP contribution in [0.1, 0.15) is 43.7 Å². The molecule has 0 saturated heterocycles. The first kappa shape index (κ1) is 19.4. The van der Waals surface area contributed by atoms with Crippen molar-refractivity contribution in [1.29, 1.82) is 0 Å². The van der Waals surface area contributed by atoms with E-state index in [0.717, 1.165) is 44.0 Å². The first-order valence-corrected chi connectivity index (χ1v) is 11.7. The van der Waals surface area contributed by atoms with E-state index in [1.165, 1.54) is 31.0 Å². The third-order valence-corrected chi connectivity index (χ3v) is 7.61. The zero-order valence-corrected chi connectivity index (χ0v) is 17.2. The summed E-state index contributed by atoms with van der Waals surface area (Å²) in [5, 5.41) is 0. The molecule has 5 nitrogen and oxygen atoms in total. The molecule has 28 heavy (non-hydrogen) atoms. The molecule has 2 aromatic rings. The van der Waals surface area contributed by atoms with E-state index in [4.69, 9.17) is 4.74 Å². The van der Waals surface area contributed by atoms with E-state index >= 15 is 0 Å². The minimum Gasteiger partial charge on any atom is -0.492 e. The van der Waals surface area contributed by atoms with Crippen LogP contribution in [0.5, 0.6) is 5.75 Å². The fraction of sp³-hybridized carbons (Fsp3) is 0.500. The molecule has 0 atom stereocenters. The van der Waals surface area contributed by atoms with Crippen molar-refractivity contribution in [3.8, 4) is 5.75 Å². The highest BCUT2D eigenvalue weighted by molar-refractivity contribution is 7.91. The summed E-state index contributed by atoms with van der Waals surface area (Å²) in [6, 6.07) is 7.91. The van der Waals surface area contributed by atoms with Crippen molar-refractivity contribution in [3.05, 3.63) is 47.8 Å². The number of fused-ring (bicyclic) bond motifs is 1. The normalized spacial score (nSPS) is 18.2. The molecule has 1 saturated carbocycles. The van der Waals surface area contributed by atoms with E-state index in [2.05, 4.69) is 9.88 Å². The van der Waals surface area contributed by atoms with Crippen LogP contribution in [0.4, 0.5) is 0 Å². The Hall–Kier alpha value is -1.92. The molecule has 0 spiro atoms. The van der Waals surface area contributed by atoms with Gasteiger partial charge >= 0.3 is 0 Å². The minimum absolute atomic E-state index is 0.186. The van der Waals surface area contributed by atoms with Gasteiger partial charge in [0.15, 0.2) is 0 Å². The Kier molecular flexibility index (Phi) is 5.69. The van der Waals surface area contributed by atoms with Gasteiger partial charge in [-0.25, -0.2) is 8.42 Å². The Bertz CT molecular complexity index is 939. The second kappa shape index (κ2) is 8.21. The zero-order valence-electron chi connectivity index (χ0n) is 16.4. The van der Waals surface area contributed by atoms with Crippen molar-refractivity contribution in [3.63, 3.8) is 0 Å². The first-order valence-electron chi connectivity index (χ1n) is 10.3. The number of pyridine rings is 1. The Balaban J connectivity index is 1.57. The molecule has 150 valence electrons. The molecule has 4 rings (SSSR count). The van der Waals surface area contributed by atoms with Gasteiger partial charge in [-0.3, -0.25) is 9.88 Å². The van der Waals surface area contributed by atoms with E-state index in [9.17, 15) is 8.42 Å². The lowest BCUT2D eigenvalue weighted by molar-refractivity contribution is 0.133. The highest BCUT2D eigenvalue weighted by atomic mass is 32.2. The van der Waals surface area contributed by atoms with Gasteiger partial charge in [-0.05, 0) is 55.4 Å². The molecule has 2 aliphatic rings. The van der Waals surface area contributed by atoms with Gasteiger partial charge in [0.05, 0.1) is 22.6 Å². The van der Waals surface area contributed by atoms with E-state index < -0.39 is 9.84 Å². The van der Waals surface area contributed by atoms with Crippen molar-refractivity contribution in [1.82, 2.24) is 9.88 Å². The Morgan fingerprint density at radius 1 is 1.07 bits per heavy atom. The highest BCUT2D eigenvalue weighted by Crippen LogP contribution is 2.30. The van der Waals surface area contributed by atoms with Crippen molar-refractivity contribution in [2.45, 2.75) is 61.3 Å². The van der Waals surface area contributed by atoms with Crippen LogP contribution >= 0.6 is 0 Å². The van der Waals surface area contributed by atoms with Crippen molar-refractivity contribution >= 4 is 9.84 Å².